The zero-order chi connectivity index (χ0) is 23.5. The summed E-state index contributed by atoms with van der Waals surface area (Å²) in [5.74, 6) is 0.449. The molecule has 6 nitrogen and oxygen atoms in total. The molecular formula is C22H38ClN3O3RhS. The summed E-state index contributed by atoms with van der Waals surface area (Å²) >= 11 is 2.24. The van der Waals surface area contributed by atoms with Crippen LogP contribution >= 0.6 is 24.6 Å². The molecule has 0 atom stereocenters. The summed E-state index contributed by atoms with van der Waals surface area (Å²) in [5, 5.41) is 3.02. The molecule has 0 saturated heterocycles. The molecule has 0 aromatic heterocycles. The van der Waals surface area contributed by atoms with Crippen LogP contribution in [0, 0.1) is 0 Å². The number of carbonyl (C=O) groups excluding carboxylic acids is 2. The van der Waals surface area contributed by atoms with E-state index in [0.717, 1.165) is 6.29 Å². The normalized spacial score (nSPS) is 13.7. The number of hydrazine groups is 1. The molecule has 2 rings (SSSR count). The van der Waals surface area contributed by atoms with E-state index in [9.17, 15) is 9.59 Å². The Bertz CT molecular complexity index is 819. The van der Waals surface area contributed by atoms with Crippen molar-refractivity contribution in [2.24, 2.45) is 0 Å². The molecule has 1 aromatic rings. The molecule has 181 valence electrons. The molecule has 0 aliphatic heterocycles. The van der Waals surface area contributed by atoms with Crippen LogP contribution < -0.4 is 20.9 Å². The van der Waals surface area contributed by atoms with E-state index in [1.807, 2.05) is 6.07 Å². The summed E-state index contributed by atoms with van der Waals surface area (Å²) in [6, 6.07) is 7.09. The number of para-hydroxylation sites is 1. The molecule has 0 heterocycles. The number of nitrogens with one attached hydrogen (secondary N) is 3. The van der Waals surface area contributed by atoms with Gasteiger partial charge in [-0.2, -0.15) is 0 Å². The second kappa shape index (κ2) is 12.3. The SMILES string of the molecule is CNC(=S)NNC(C)=O.COc1ccccc1C=O.Cl.[CH3][Rh]([CH3])([CH3])([CH3])([CH3])[C]1=CC=CC1. The quantitative estimate of drug-likeness (QED) is 0.199. The number of thiocarbonyl (C=S) groups is 1. The molecule has 3 N–H and O–H groups in total. The fraction of sp³-hybridized carbons (Fsp3) is 0.409. The van der Waals surface area contributed by atoms with Gasteiger partial charge in [0, 0.05) is 14.0 Å². The van der Waals surface area contributed by atoms with Crippen LogP contribution in [-0.2, 0) is 17.2 Å². The predicted molar refractivity (Wildman–Crippen MR) is 135 cm³/mol. The van der Waals surface area contributed by atoms with Crippen molar-refractivity contribution in [2.45, 2.75) is 40.9 Å². The molecule has 0 unspecified atom stereocenters. The van der Waals surface area contributed by atoms with Gasteiger partial charge in [0.25, 0.3) is 0 Å². The topological polar surface area (TPSA) is 79.5 Å². The first-order chi connectivity index (χ1) is 13.6. The van der Waals surface area contributed by atoms with Gasteiger partial charge < -0.3 is 10.1 Å². The number of halogens is 1. The standard InChI is InChI=1S/C8H8O2.C5H5.C4H9N3OS.5CH3.ClH.Rh/c1-10-8-5-3-2-4-7(8)6-9;1-2-4-5-3-1;1-3(8)6-7-4(9)5-2;;;;;;;/h2-6H,1H3;1-3H,4H2;1-2H3,(H,6,8)(H2,5,7,9);5*1H3;1H;. The molecule has 1 aliphatic rings. The van der Waals surface area contributed by atoms with Crippen molar-refractivity contribution in [3.63, 3.8) is 0 Å². The van der Waals surface area contributed by atoms with Crippen LogP contribution in [-0.4, -0.2) is 31.5 Å². The third-order valence-electron chi connectivity index (χ3n) is 3.62. The average molecular weight is 563 g/mol. The van der Waals surface area contributed by atoms with Crippen LogP contribution in [0.3, 0.4) is 0 Å². The minimum atomic E-state index is -2.40. The van der Waals surface area contributed by atoms with E-state index in [2.05, 4.69) is 74.2 Å². The summed E-state index contributed by atoms with van der Waals surface area (Å²) in [7, 11) is 3.21. The van der Waals surface area contributed by atoms with Crippen LogP contribution in [0.25, 0.3) is 0 Å². The van der Waals surface area contributed by atoms with Crippen molar-refractivity contribution in [1.82, 2.24) is 16.2 Å². The van der Waals surface area contributed by atoms with E-state index in [4.69, 9.17) is 4.74 Å². The fourth-order valence-electron chi connectivity index (χ4n) is 2.00. The number of benzene rings is 1. The monoisotopic (exact) mass is 562 g/mol. The second-order valence-corrected chi connectivity index (χ2v) is 30.6. The molecule has 0 spiro atoms. The second-order valence-electron chi connectivity index (χ2n) is 8.63. The minimum absolute atomic E-state index is 0. The van der Waals surface area contributed by atoms with E-state index >= 15 is 0 Å². The summed E-state index contributed by atoms with van der Waals surface area (Å²) in [6.45, 7) is 1.39. The summed E-state index contributed by atoms with van der Waals surface area (Å²) in [4.78, 5) is 20.5. The molecule has 0 fully saturated rings. The number of aldehydes is 1. The van der Waals surface area contributed by atoms with E-state index in [-0.39, 0.29) is 18.3 Å². The number of amides is 1. The van der Waals surface area contributed by atoms with Crippen LogP contribution in [0.2, 0.25) is 27.6 Å². The van der Waals surface area contributed by atoms with E-state index in [1.54, 1.807) is 36.5 Å². The number of rotatable bonds is 3. The number of methoxy groups -OCH3 is 1. The Balaban J connectivity index is 0. The number of ether oxygens (including phenoxy) is 1. The van der Waals surface area contributed by atoms with Crippen molar-refractivity contribution < 1.29 is 26.7 Å². The number of hydrogen-bond acceptors (Lipinski definition) is 4. The molecule has 1 aliphatic carbocycles. The van der Waals surface area contributed by atoms with Gasteiger partial charge in [-0.25, -0.2) is 0 Å². The van der Waals surface area contributed by atoms with Gasteiger partial charge in [0.05, 0.1) is 12.7 Å². The molecular weight excluding hydrogens is 525 g/mol. The van der Waals surface area contributed by atoms with Crippen molar-refractivity contribution in [2.75, 3.05) is 14.2 Å². The third kappa shape index (κ3) is 14.0. The summed E-state index contributed by atoms with van der Waals surface area (Å²) in [5.41, 5.74) is 17.7. The Morgan fingerprint density at radius 2 is 1.71 bits per heavy atom. The molecule has 0 saturated carbocycles. The first-order valence-corrected chi connectivity index (χ1v) is 18.3. The Morgan fingerprint density at radius 1 is 1.13 bits per heavy atom. The van der Waals surface area contributed by atoms with Gasteiger partial charge >= 0.3 is 68.8 Å². The Hall–Kier alpha value is -1.76. The van der Waals surface area contributed by atoms with Crippen LogP contribution in [0.15, 0.2) is 46.7 Å². The Morgan fingerprint density at radius 3 is 2.03 bits per heavy atom. The van der Waals surface area contributed by atoms with Gasteiger partial charge in [-0.3, -0.25) is 20.4 Å². The maximum atomic E-state index is 10.3. The van der Waals surface area contributed by atoms with Gasteiger partial charge in [0.2, 0.25) is 5.91 Å². The van der Waals surface area contributed by atoms with Gasteiger partial charge in [-0.15, -0.1) is 12.4 Å². The molecule has 0 bridgehead atoms. The van der Waals surface area contributed by atoms with Crippen LogP contribution in [0.1, 0.15) is 23.7 Å². The molecule has 31 heavy (non-hydrogen) atoms. The number of allylic oxidation sites excluding steroid dienone is 4. The summed E-state index contributed by atoms with van der Waals surface area (Å²) < 4.78 is 6.59. The number of hydrogen-bond donors (Lipinski definition) is 3. The zero-order valence-electron chi connectivity index (χ0n) is 19.7. The van der Waals surface area contributed by atoms with Crippen molar-refractivity contribution in [3.05, 3.63) is 52.2 Å². The van der Waals surface area contributed by atoms with Crippen LogP contribution in [0.5, 0.6) is 5.75 Å². The van der Waals surface area contributed by atoms with Gasteiger partial charge in [-0.1, -0.05) is 12.1 Å². The van der Waals surface area contributed by atoms with Crippen LogP contribution in [0.4, 0.5) is 0 Å². The van der Waals surface area contributed by atoms with Gasteiger partial charge in [-0.05, 0) is 24.4 Å². The molecule has 1 amide bonds. The predicted octanol–water partition coefficient (Wildman–Crippen LogP) is 5.36. The fourth-order valence-corrected chi connectivity index (χ4v) is 5.44. The molecule has 0 radical (unpaired) electrons. The van der Waals surface area contributed by atoms with Crippen molar-refractivity contribution in [3.8, 4) is 5.75 Å². The first kappa shape index (κ1) is 31.4. The Labute approximate surface area is 197 Å². The molecule has 1 aromatic carbocycles. The van der Waals surface area contributed by atoms with Gasteiger partial charge in [0.1, 0.15) is 5.75 Å². The first-order valence-electron chi connectivity index (χ1n) is 8.92. The van der Waals surface area contributed by atoms with Gasteiger partial charge in [0.15, 0.2) is 11.4 Å². The van der Waals surface area contributed by atoms with E-state index in [0.29, 0.717) is 16.4 Å². The Kier molecular flexibility index (Phi) is 12.5. The van der Waals surface area contributed by atoms with Crippen molar-refractivity contribution in [1.29, 1.82) is 0 Å². The summed E-state index contributed by atoms with van der Waals surface area (Å²) in [6.07, 6.45) is 8.73. The van der Waals surface area contributed by atoms with E-state index in [1.165, 1.54) is 13.3 Å². The number of carbonyl (C=O) groups is 2. The maximum absolute atomic E-state index is 10.3. The van der Waals surface area contributed by atoms with E-state index < -0.39 is 12.4 Å². The zero-order valence-corrected chi connectivity index (χ0v) is 23.0. The molecule has 9 heteroatoms. The average Bonchev–Trinajstić information content (AvgIpc) is 3.22. The third-order valence-corrected chi connectivity index (χ3v) is 9.80. The van der Waals surface area contributed by atoms with Crippen molar-refractivity contribution >= 4 is 41.9 Å².